The highest BCUT2D eigenvalue weighted by molar-refractivity contribution is 7.89. The number of benzene rings is 1. The summed E-state index contributed by atoms with van der Waals surface area (Å²) < 4.78 is 27.8. The number of sulfonamides is 1. The zero-order chi connectivity index (χ0) is 17.0. The standard InChI is InChI=1S/C16H25N3O3S.ClH/c1-3-4-5-14(11-17)18-23(21,22)15-6-7-16-13(10-15)8-9-19(16)12(2)20;/h6-7,10,14,18H,3-5,8-9,11,17H2,1-2H3;1H. The number of hydrogen-bond acceptors (Lipinski definition) is 4. The summed E-state index contributed by atoms with van der Waals surface area (Å²) in [5.41, 5.74) is 7.36. The summed E-state index contributed by atoms with van der Waals surface area (Å²) in [4.78, 5) is 13.5. The number of fused-ring (bicyclic) bond motifs is 1. The van der Waals surface area contributed by atoms with Gasteiger partial charge < -0.3 is 10.6 Å². The number of anilines is 1. The fourth-order valence-corrected chi connectivity index (χ4v) is 4.17. The Morgan fingerprint density at radius 3 is 2.71 bits per heavy atom. The van der Waals surface area contributed by atoms with Crippen LogP contribution in [0.5, 0.6) is 0 Å². The van der Waals surface area contributed by atoms with E-state index in [1.54, 1.807) is 23.1 Å². The molecule has 3 N–H and O–H groups in total. The second-order valence-electron chi connectivity index (χ2n) is 5.91. The average molecular weight is 376 g/mol. The van der Waals surface area contributed by atoms with Crippen molar-refractivity contribution in [1.82, 2.24) is 4.72 Å². The van der Waals surface area contributed by atoms with Gasteiger partial charge in [0.1, 0.15) is 0 Å². The van der Waals surface area contributed by atoms with Gasteiger partial charge in [-0.3, -0.25) is 4.79 Å². The minimum Gasteiger partial charge on any atom is -0.329 e. The van der Waals surface area contributed by atoms with Crippen molar-refractivity contribution in [2.24, 2.45) is 5.73 Å². The molecule has 0 bridgehead atoms. The zero-order valence-corrected chi connectivity index (χ0v) is 15.8. The van der Waals surface area contributed by atoms with Crippen molar-refractivity contribution in [2.45, 2.75) is 50.5 Å². The molecular weight excluding hydrogens is 350 g/mol. The smallest absolute Gasteiger partial charge is 0.240 e. The van der Waals surface area contributed by atoms with E-state index in [0.29, 0.717) is 13.0 Å². The maximum absolute atomic E-state index is 12.5. The van der Waals surface area contributed by atoms with Gasteiger partial charge in [0.2, 0.25) is 15.9 Å². The first-order valence-corrected chi connectivity index (χ1v) is 9.50. The number of nitrogens with two attached hydrogens (primary N) is 1. The maximum Gasteiger partial charge on any atom is 0.240 e. The normalized spacial score (nSPS) is 14.9. The van der Waals surface area contributed by atoms with E-state index in [0.717, 1.165) is 30.5 Å². The summed E-state index contributed by atoms with van der Waals surface area (Å²) in [7, 11) is -3.59. The maximum atomic E-state index is 12.5. The quantitative estimate of drug-likeness (QED) is 0.760. The predicted molar refractivity (Wildman–Crippen MR) is 98.1 cm³/mol. The Morgan fingerprint density at radius 1 is 1.42 bits per heavy atom. The van der Waals surface area contributed by atoms with Gasteiger partial charge in [0.25, 0.3) is 0 Å². The van der Waals surface area contributed by atoms with Crippen molar-refractivity contribution in [2.75, 3.05) is 18.0 Å². The van der Waals surface area contributed by atoms with Crippen LogP contribution < -0.4 is 15.4 Å². The highest BCUT2D eigenvalue weighted by Gasteiger charge is 2.25. The molecule has 0 fully saturated rings. The number of hydrogen-bond donors (Lipinski definition) is 2. The molecule has 6 nitrogen and oxygen atoms in total. The van der Waals surface area contributed by atoms with E-state index in [4.69, 9.17) is 5.73 Å². The van der Waals surface area contributed by atoms with Crippen molar-refractivity contribution in [1.29, 1.82) is 0 Å². The first-order chi connectivity index (χ1) is 10.9. The van der Waals surface area contributed by atoms with E-state index in [9.17, 15) is 13.2 Å². The molecule has 0 aliphatic carbocycles. The molecule has 0 spiro atoms. The van der Waals surface area contributed by atoms with Crippen LogP contribution in [0.15, 0.2) is 23.1 Å². The van der Waals surface area contributed by atoms with Gasteiger partial charge in [0.05, 0.1) is 4.90 Å². The molecular formula is C16H26ClN3O3S. The summed E-state index contributed by atoms with van der Waals surface area (Å²) in [6.45, 7) is 4.45. The van der Waals surface area contributed by atoms with Gasteiger partial charge in [-0.15, -0.1) is 12.4 Å². The van der Waals surface area contributed by atoms with Gasteiger partial charge in [0.15, 0.2) is 0 Å². The number of nitrogens with zero attached hydrogens (tertiary/aromatic N) is 1. The SMILES string of the molecule is CCCCC(CN)NS(=O)(=O)c1ccc2c(c1)CCN2C(C)=O.Cl. The number of amides is 1. The fourth-order valence-electron chi connectivity index (χ4n) is 2.84. The van der Waals surface area contributed by atoms with Gasteiger partial charge in [0, 0.05) is 31.7 Å². The minimum absolute atomic E-state index is 0. The zero-order valence-electron chi connectivity index (χ0n) is 14.1. The molecule has 8 heteroatoms. The van der Waals surface area contributed by atoms with Crippen molar-refractivity contribution >= 4 is 34.0 Å². The van der Waals surface area contributed by atoms with E-state index >= 15 is 0 Å². The first-order valence-electron chi connectivity index (χ1n) is 8.02. The van der Waals surface area contributed by atoms with E-state index in [1.807, 2.05) is 0 Å². The monoisotopic (exact) mass is 375 g/mol. The third kappa shape index (κ3) is 4.69. The molecule has 0 radical (unpaired) electrons. The molecule has 1 aromatic rings. The molecule has 2 rings (SSSR count). The van der Waals surface area contributed by atoms with Crippen LogP contribution in [0, 0.1) is 0 Å². The molecule has 0 saturated heterocycles. The van der Waals surface area contributed by atoms with E-state index < -0.39 is 10.0 Å². The second-order valence-corrected chi connectivity index (χ2v) is 7.62. The van der Waals surface area contributed by atoms with Crippen LogP contribution in [0.1, 0.15) is 38.7 Å². The lowest BCUT2D eigenvalue weighted by Gasteiger charge is -2.18. The molecule has 1 unspecified atom stereocenters. The third-order valence-corrected chi connectivity index (χ3v) is 5.67. The first kappa shape index (κ1) is 20.9. The predicted octanol–water partition coefficient (Wildman–Crippen LogP) is 1.81. The largest absolute Gasteiger partial charge is 0.329 e. The highest BCUT2D eigenvalue weighted by atomic mass is 35.5. The van der Waals surface area contributed by atoms with Crippen LogP contribution in [0.2, 0.25) is 0 Å². The molecule has 136 valence electrons. The van der Waals surface area contributed by atoms with Gasteiger partial charge in [-0.05, 0) is 36.6 Å². The lowest BCUT2D eigenvalue weighted by atomic mass is 10.1. The lowest BCUT2D eigenvalue weighted by Crippen LogP contribution is -2.40. The Kier molecular flexibility index (Phi) is 7.66. The number of halogens is 1. The summed E-state index contributed by atoms with van der Waals surface area (Å²) >= 11 is 0. The molecule has 0 aromatic heterocycles. The van der Waals surface area contributed by atoms with Gasteiger partial charge in [-0.1, -0.05) is 19.8 Å². The van der Waals surface area contributed by atoms with Gasteiger partial charge in [-0.2, -0.15) is 0 Å². The van der Waals surface area contributed by atoms with E-state index in [-0.39, 0.29) is 35.8 Å². The van der Waals surface area contributed by atoms with Crippen LogP contribution in [-0.2, 0) is 21.2 Å². The van der Waals surface area contributed by atoms with Crippen LogP contribution >= 0.6 is 12.4 Å². The molecule has 24 heavy (non-hydrogen) atoms. The molecule has 1 amide bonds. The van der Waals surface area contributed by atoms with Crippen LogP contribution in [0.4, 0.5) is 5.69 Å². The number of rotatable bonds is 7. The Balaban J connectivity index is 0.00000288. The summed E-state index contributed by atoms with van der Waals surface area (Å²) in [5.74, 6) is -0.0276. The number of carbonyl (C=O) groups is 1. The molecule has 1 aliphatic heterocycles. The fraction of sp³-hybridized carbons (Fsp3) is 0.562. The number of carbonyl (C=O) groups excluding carboxylic acids is 1. The van der Waals surface area contributed by atoms with Crippen molar-refractivity contribution < 1.29 is 13.2 Å². The molecule has 1 aromatic carbocycles. The molecule has 1 heterocycles. The Labute approximate surface area is 150 Å². The van der Waals surface area contributed by atoms with Crippen LogP contribution in [0.25, 0.3) is 0 Å². The van der Waals surface area contributed by atoms with E-state index in [2.05, 4.69) is 11.6 Å². The minimum atomic E-state index is -3.59. The van der Waals surface area contributed by atoms with E-state index in [1.165, 1.54) is 6.92 Å². The number of nitrogens with one attached hydrogen (secondary N) is 1. The molecule has 1 atom stereocenters. The summed E-state index contributed by atoms with van der Waals surface area (Å²) in [6.07, 6.45) is 3.34. The molecule has 1 aliphatic rings. The highest BCUT2D eigenvalue weighted by Crippen LogP contribution is 2.30. The topological polar surface area (TPSA) is 92.5 Å². The Hall–Kier alpha value is -1.15. The summed E-state index contributed by atoms with van der Waals surface area (Å²) in [5, 5.41) is 0. The summed E-state index contributed by atoms with van der Waals surface area (Å²) in [6, 6.07) is 4.67. The van der Waals surface area contributed by atoms with Crippen molar-refractivity contribution in [3.63, 3.8) is 0 Å². The number of unbranched alkanes of at least 4 members (excludes halogenated alkanes) is 1. The van der Waals surface area contributed by atoms with Crippen molar-refractivity contribution in [3.05, 3.63) is 23.8 Å². The third-order valence-electron chi connectivity index (χ3n) is 4.15. The lowest BCUT2D eigenvalue weighted by molar-refractivity contribution is -0.116. The average Bonchev–Trinajstić information content (AvgIpc) is 2.94. The van der Waals surface area contributed by atoms with Crippen LogP contribution in [0.3, 0.4) is 0 Å². The van der Waals surface area contributed by atoms with Gasteiger partial charge in [-0.25, -0.2) is 13.1 Å². The Morgan fingerprint density at radius 2 is 2.12 bits per heavy atom. The van der Waals surface area contributed by atoms with Crippen molar-refractivity contribution in [3.8, 4) is 0 Å². The van der Waals surface area contributed by atoms with Gasteiger partial charge >= 0.3 is 0 Å². The van der Waals surface area contributed by atoms with Crippen LogP contribution in [-0.4, -0.2) is 33.5 Å². The molecule has 0 saturated carbocycles. The second kappa shape index (κ2) is 8.80. The Bertz CT molecular complexity index is 679.